The number of aliphatic hydroxyl groups is 1. The number of β-amino-alcohol motifs (C(OH)–C–C–N with tert-alkyl or cyclic N) is 1. The topological polar surface area (TPSA) is 98.1 Å². The number of phenolic OH excluding ortho intramolecular Hbond substituents is 1. The first kappa shape index (κ1) is 13.4. The first-order valence-electron chi connectivity index (χ1n) is 5.91. The summed E-state index contributed by atoms with van der Waals surface area (Å²) in [6.45, 7) is 1.66. The van der Waals surface area contributed by atoms with E-state index in [1.807, 2.05) is 0 Å². The Hall–Kier alpha value is -2.08. The van der Waals surface area contributed by atoms with E-state index in [9.17, 15) is 19.8 Å². The molecule has 0 bridgehead atoms. The van der Waals surface area contributed by atoms with Gasteiger partial charge in [-0.1, -0.05) is 0 Å². The molecule has 1 aliphatic heterocycles. The highest BCUT2D eigenvalue weighted by molar-refractivity contribution is 5.97. The second-order valence-corrected chi connectivity index (χ2v) is 4.70. The third-order valence-electron chi connectivity index (χ3n) is 3.27. The second kappa shape index (κ2) is 4.89. The average Bonchev–Trinajstić information content (AvgIpc) is 2.74. The SMILES string of the molecule is Cc1cc(C(=O)N2C[C@H](O)C[C@@H]2C(=O)O)ccc1O. The third kappa shape index (κ3) is 2.53. The van der Waals surface area contributed by atoms with Crippen molar-refractivity contribution in [1.29, 1.82) is 0 Å². The zero-order chi connectivity index (χ0) is 14.2. The number of aryl methyl sites for hydroxylation is 1. The molecule has 6 nitrogen and oxygen atoms in total. The summed E-state index contributed by atoms with van der Waals surface area (Å²) in [5, 5.41) is 28.0. The van der Waals surface area contributed by atoms with Gasteiger partial charge < -0.3 is 20.2 Å². The molecule has 1 aromatic rings. The number of nitrogens with zero attached hydrogens (tertiary/aromatic N) is 1. The number of rotatable bonds is 2. The minimum atomic E-state index is -1.12. The van der Waals surface area contributed by atoms with Crippen LogP contribution in [0.2, 0.25) is 0 Å². The zero-order valence-corrected chi connectivity index (χ0v) is 10.4. The van der Waals surface area contributed by atoms with E-state index in [4.69, 9.17) is 5.11 Å². The number of carboxylic acids is 1. The lowest BCUT2D eigenvalue weighted by Crippen LogP contribution is -2.40. The zero-order valence-electron chi connectivity index (χ0n) is 10.4. The number of phenols is 1. The van der Waals surface area contributed by atoms with Crippen LogP contribution in [0.1, 0.15) is 22.3 Å². The van der Waals surface area contributed by atoms with Crippen LogP contribution in [0.25, 0.3) is 0 Å². The van der Waals surface area contributed by atoms with Crippen LogP contribution in [0.4, 0.5) is 0 Å². The highest BCUT2D eigenvalue weighted by Crippen LogP contribution is 2.23. The van der Waals surface area contributed by atoms with Crippen molar-refractivity contribution in [2.45, 2.75) is 25.5 Å². The van der Waals surface area contributed by atoms with Gasteiger partial charge in [0.2, 0.25) is 0 Å². The Morgan fingerprint density at radius 3 is 2.63 bits per heavy atom. The summed E-state index contributed by atoms with van der Waals surface area (Å²) in [6.07, 6.45) is -0.777. The summed E-state index contributed by atoms with van der Waals surface area (Å²) in [5.41, 5.74) is 0.841. The van der Waals surface area contributed by atoms with Crippen LogP contribution >= 0.6 is 0 Å². The normalized spacial score (nSPS) is 22.5. The van der Waals surface area contributed by atoms with Crippen LogP contribution in [-0.2, 0) is 4.79 Å². The molecule has 0 aromatic heterocycles. The van der Waals surface area contributed by atoms with Crippen LogP contribution in [0.15, 0.2) is 18.2 Å². The van der Waals surface area contributed by atoms with Gasteiger partial charge in [-0.05, 0) is 30.7 Å². The molecule has 0 saturated carbocycles. The van der Waals surface area contributed by atoms with Crippen molar-refractivity contribution in [3.8, 4) is 5.75 Å². The lowest BCUT2D eigenvalue weighted by Gasteiger charge is -2.21. The van der Waals surface area contributed by atoms with Crippen molar-refractivity contribution in [3.05, 3.63) is 29.3 Å². The number of aliphatic carboxylic acids is 1. The first-order chi connectivity index (χ1) is 8.90. The molecule has 0 radical (unpaired) electrons. The second-order valence-electron chi connectivity index (χ2n) is 4.70. The molecule has 0 aliphatic carbocycles. The number of amides is 1. The van der Waals surface area contributed by atoms with Crippen molar-refractivity contribution in [1.82, 2.24) is 4.90 Å². The minimum Gasteiger partial charge on any atom is -0.508 e. The predicted molar refractivity (Wildman–Crippen MR) is 65.9 cm³/mol. The Bertz CT molecular complexity index is 528. The molecule has 1 aromatic carbocycles. The summed E-state index contributed by atoms with van der Waals surface area (Å²) >= 11 is 0. The number of hydrogen-bond donors (Lipinski definition) is 3. The number of aliphatic hydroxyl groups excluding tert-OH is 1. The van der Waals surface area contributed by atoms with E-state index in [1.165, 1.54) is 18.2 Å². The predicted octanol–water partition coefficient (Wildman–Crippen LogP) is 0.361. The Morgan fingerprint density at radius 2 is 2.05 bits per heavy atom. The number of aromatic hydroxyl groups is 1. The molecule has 1 amide bonds. The third-order valence-corrected chi connectivity index (χ3v) is 3.27. The van der Waals surface area contributed by atoms with E-state index in [0.717, 1.165) is 4.90 Å². The number of carboxylic acid groups (broad SMARTS) is 1. The van der Waals surface area contributed by atoms with E-state index in [1.54, 1.807) is 6.92 Å². The van der Waals surface area contributed by atoms with Crippen molar-refractivity contribution in [2.75, 3.05) is 6.54 Å². The van der Waals surface area contributed by atoms with Gasteiger partial charge in [-0.25, -0.2) is 4.79 Å². The average molecular weight is 265 g/mol. The lowest BCUT2D eigenvalue weighted by molar-refractivity contribution is -0.141. The molecule has 2 rings (SSSR count). The summed E-state index contributed by atoms with van der Waals surface area (Å²) < 4.78 is 0. The standard InChI is InChI=1S/C13H15NO5/c1-7-4-8(2-3-11(7)16)12(17)14-6-9(15)5-10(14)13(18)19/h2-4,9-10,15-16H,5-6H2,1H3,(H,18,19)/t9-,10-/m1/s1. The summed E-state index contributed by atoms with van der Waals surface area (Å²) in [7, 11) is 0. The molecule has 2 atom stereocenters. The van der Waals surface area contributed by atoms with Gasteiger partial charge in [0.15, 0.2) is 0 Å². The van der Waals surface area contributed by atoms with Gasteiger partial charge in [0.25, 0.3) is 5.91 Å². The number of hydrogen-bond acceptors (Lipinski definition) is 4. The number of benzene rings is 1. The molecule has 102 valence electrons. The van der Waals surface area contributed by atoms with Crippen LogP contribution in [-0.4, -0.2) is 50.8 Å². The van der Waals surface area contributed by atoms with E-state index in [2.05, 4.69) is 0 Å². The molecule has 1 saturated heterocycles. The van der Waals surface area contributed by atoms with E-state index in [0.29, 0.717) is 11.1 Å². The summed E-state index contributed by atoms with van der Waals surface area (Å²) in [5.74, 6) is -1.50. The maximum Gasteiger partial charge on any atom is 0.326 e. The Labute approximate surface area is 109 Å². The highest BCUT2D eigenvalue weighted by atomic mass is 16.4. The van der Waals surface area contributed by atoms with Gasteiger partial charge in [0.1, 0.15) is 11.8 Å². The van der Waals surface area contributed by atoms with Gasteiger partial charge in [-0.2, -0.15) is 0 Å². The van der Waals surface area contributed by atoms with Gasteiger partial charge in [-0.3, -0.25) is 4.79 Å². The Morgan fingerprint density at radius 1 is 1.37 bits per heavy atom. The van der Waals surface area contributed by atoms with Crippen LogP contribution in [0, 0.1) is 6.92 Å². The van der Waals surface area contributed by atoms with Gasteiger partial charge in [0, 0.05) is 18.5 Å². The molecule has 0 spiro atoms. The highest BCUT2D eigenvalue weighted by Gasteiger charge is 2.39. The Kier molecular flexibility index (Phi) is 3.44. The molecule has 0 unspecified atom stereocenters. The van der Waals surface area contributed by atoms with Crippen LogP contribution in [0.3, 0.4) is 0 Å². The van der Waals surface area contributed by atoms with Crippen molar-refractivity contribution >= 4 is 11.9 Å². The van der Waals surface area contributed by atoms with Gasteiger partial charge >= 0.3 is 5.97 Å². The quantitative estimate of drug-likeness (QED) is 0.717. The molecule has 6 heteroatoms. The van der Waals surface area contributed by atoms with Crippen molar-refractivity contribution in [2.24, 2.45) is 0 Å². The van der Waals surface area contributed by atoms with Gasteiger partial charge in [0.05, 0.1) is 6.10 Å². The maximum atomic E-state index is 12.2. The number of likely N-dealkylation sites (tertiary alicyclic amines) is 1. The lowest BCUT2D eigenvalue weighted by atomic mass is 10.1. The number of carbonyl (C=O) groups excluding carboxylic acids is 1. The van der Waals surface area contributed by atoms with Crippen LogP contribution < -0.4 is 0 Å². The van der Waals surface area contributed by atoms with Crippen LogP contribution in [0.5, 0.6) is 5.75 Å². The van der Waals surface area contributed by atoms with Crippen molar-refractivity contribution < 1.29 is 24.9 Å². The largest absolute Gasteiger partial charge is 0.508 e. The summed E-state index contributed by atoms with van der Waals surface area (Å²) in [4.78, 5) is 24.5. The molecular formula is C13H15NO5. The van der Waals surface area contributed by atoms with Gasteiger partial charge in [-0.15, -0.1) is 0 Å². The van der Waals surface area contributed by atoms with E-state index >= 15 is 0 Å². The Balaban J connectivity index is 2.27. The molecule has 19 heavy (non-hydrogen) atoms. The molecule has 1 aliphatic rings. The smallest absolute Gasteiger partial charge is 0.326 e. The first-order valence-corrected chi connectivity index (χ1v) is 5.91. The molecule has 3 N–H and O–H groups in total. The van der Waals surface area contributed by atoms with E-state index in [-0.39, 0.29) is 18.7 Å². The fourth-order valence-electron chi connectivity index (χ4n) is 2.23. The van der Waals surface area contributed by atoms with E-state index < -0.39 is 24.0 Å². The molecular weight excluding hydrogens is 250 g/mol. The molecule has 1 fully saturated rings. The fourth-order valence-corrected chi connectivity index (χ4v) is 2.23. The summed E-state index contributed by atoms with van der Waals surface area (Å²) in [6, 6.07) is 3.33. The van der Waals surface area contributed by atoms with Crippen molar-refractivity contribution in [3.63, 3.8) is 0 Å². The fraction of sp³-hybridized carbons (Fsp3) is 0.385. The number of carbonyl (C=O) groups is 2. The monoisotopic (exact) mass is 265 g/mol. The maximum absolute atomic E-state index is 12.2. The molecule has 1 heterocycles. The minimum absolute atomic E-state index is 0.00965.